The zero-order valence-electron chi connectivity index (χ0n) is 11.0. The molecule has 0 saturated carbocycles. The Balaban J connectivity index is 2.60. The number of H-pyrrole nitrogens is 1. The van der Waals surface area contributed by atoms with Crippen molar-refractivity contribution in [3.63, 3.8) is 0 Å². The molecule has 0 saturated heterocycles. The van der Waals surface area contributed by atoms with Gasteiger partial charge >= 0.3 is 0 Å². The standard InChI is InChI=1S/C14H19ClN2S/c1-4-10(5-2)9(3)17-12-8-6-7-11(15)13(12)16-14(17)18/h6-10H,4-5H2,1-3H3,(H,16,18). The first-order chi connectivity index (χ1) is 8.60. The number of aromatic amines is 1. The Labute approximate surface area is 118 Å². The topological polar surface area (TPSA) is 20.7 Å². The molecule has 2 rings (SSSR count). The van der Waals surface area contributed by atoms with Gasteiger partial charge in [-0.05, 0) is 37.2 Å². The van der Waals surface area contributed by atoms with Gasteiger partial charge in [-0.25, -0.2) is 0 Å². The molecule has 0 spiro atoms. The molecule has 1 unspecified atom stereocenters. The first-order valence-corrected chi connectivity index (χ1v) is 7.27. The summed E-state index contributed by atoms with van der Waals surface area (Å²) in [6, 6.07) is 6.33. The zero-order valence-corrected chi connectivity index (χ0v) is 12.6. The van der Waals surface area contributed by atoms with Crippen LogP contribution in [0.5, 0.6) is 0 Å². The second kappa shape index (κ2) is 5.45. The highest BCUT2D eigenvalue weighted by atomic mass is 35.5. The van der Waals surface area contributed by atoms with E-state index in [1.54, 1.807) is 0 Å². The molecule has 0 aliphatic carbocycles. The molecule has 1 N–H and O–H groups in total. The number of aromatic nitrogens is 2. The lowest BCUT2D eigenvalue weighted by Crippen LogP contribution is -2.15. The van der Waals surface area contributed by atoms with Crippen LogP contribution in [0.3, 0.4) is 0 Å². The predicted octanol–water partition coefficient (Wildman–Crippen LogP) is 5.35. The number of fused-ring (bicyclic) bond motifs is 1. The molecule has 1 aromatic heterocycles. The van der Waals surface area contributed by atoms with Crippen LogP contribution in [0.4, 0.5) is 0 Å². The highest BCUT2D eigenvalue weighted by Crippen LogP contribution is 2.30. The lowest BCUT2D eigenvalue weighted by atomic mass is 9.95. The van der Waals surface area contributed by atoms with E-state index in [9.17, 15) is 0 Å². The number of rotatable bonds is 4. The SMILES string of the molecule is CCC(CC)C(C)n1c(=S)[nH]c2c(Cl)cccc21. The summed E-state index contributed by atoms with van der Waals surface area (Å²) in [5.41, 5.74) is 2.05. The zero-order chi connectivity index (χ0) is 13.3. The average molecular weight is 283 g/mol. The largest absolute Gasteiger partial charge is 0.329 e. The quantitative estimate of drug-likeness (QED) is 0.750. The van der Waals surface area contributed by atoms with Crippen LogP contribution in [0.25, 0.3) is 11.0 Å². The molecule has 0 radical (unpaired) electrons. The van der Waals surface area contributed by atoms with Crippen molar-refractivity contribution in [2.45, 2.75) is 39.7 Å². The van der Waals surface area contributed by atoms with Crippen molar-refractivity contribution < 1.29 is 0 Å². The van der Waals surface area contributed by atoms with Gasteiger partial charge in [0.25, 0.3) is 0 Å². The molecule has 2 aromatic rings. The summed E-state index contributed by atoms with van der Waals surface area (Å²) in [4.78, 5) is 3.23. The Hall–Kier alpha value is -0.800. The summed E-state index contributed by atoms with van der Waals surface area (Å²) >= 11 is 11.7. The van der Waals surface area contributed by atoms with Gasteiger partial charge < -0.3 is 9.55 Å². The van der Waals surface area contributed by atoms with E-state index in [4.69, 9.17) is 23.8 Å². The van der Waals surface area contributed by atoms with E-state index in [0.717, 1.165) is 33.7 Å². The van der Waals surface area contributed by atoms with Crippen LogP contribution in [0.2, 0.25) is 5.02 Å². The van der Waals surface area contributed by atoms with Crippen LogP contribution in [-0.4, -0.2) is 9.55 Å². The summed E-state index contributed by atoms with van der Waals surface area (Å²) in [5.74, 6) is 0.634. The maximum Gasteiger partial charge on any atom is 0.178 e. The molecular weight excluding hydrogens is 264 g/mol. The van der Waals surface area contributed by atoms with Crippen molar-refractivity contribution in [2.24, 2.45) is 5.92 Å². The minimum Gasteiger partial charge on any atom is -0.329 e. The maximum atomic E-state index is 6.20. The smallest absolute Gasteiger partial charge is 0.178 e. The van der Waals surface area contributed by atoms with Crippen molar-refractivity contribution in [1.29, 1.82) is 0 Å². The Bertz CT molecular complexity index is 595. The summed E-state index contributed by atoms with van der Waals surface area (Å²) in [6.45, 7) is 6.70. The first-order valence-electron chi connectivity index (χ1n) is 6.48. The Morgan fingerprint density at radius 3 is 2.61 bits per heavy atom. The van der Waals surface area contributed by atoms with E-state index in [1.807, 2.05) is 12.1 Å². The Morgan fingerprint density at radius 2 is 2.00 bits per heavy atom. The van der Waals surface area contributed by atoms with Crippen LogP contribution in [0.15, 0.2) is 18.2 Å². The molecule has 1 aromatic carbocycles. The number of nitrogens with one attached hydrogen (secondary N) is 1. The first kappa shape index (κ1) is 13.6. The predicted molar refractivity (Wildman–Crippen MR) is 80.9 cm³/mol. The summed E-state index contributed by atoms with van der Waals surface area (Å²) in [7, 11) is 0. The molecule has 98 valence electrons. The van der Waals surface area contributed by atoms with E-state index in [-0.39, 0.29) is 0 Å². The van der Waals surface area contributed by atoms with E-state index in [2.05, 4.69) is 36.4 Å². The number of para-hydroxylation sites is 1. The summed E-state index contributed by atoms with van der Waals surface area (Å²) in [5, 5.41) is 0.731. The highest BCUT2D eigenvalue weighted by molar-refractivity contribution is 7.71. The molecule has 18 heavy (non-hydrogen) atoms. The second-order valence-corrected chi connectivity index (χ2v) is 5.55. The van der Waals surface area contributed by atoms with Crippen LogP contribution < -0.4 is 0 Å². The van der Waals surface area contributed by atoms with Crippen molar-refractivity contribution >= 4 is 34.9 Å². The minimum atomic E-state index is 0.389. The molecule has 1 atom stereocenters. The fourth-order valence-corrected chi connectivity index (χ4v) is 3.28. The number of halogens is 1. The molecule has 0 bridgehead atoms. The van der Waals surface area contributed by atoms with Crippen LogP contribution in [-0.2, 0) is 0 Å². The maximum absolute atomic E-state index is 6.20. The van der Waals surface area contributed by atoms with Gasteiger partial charge in [0.05, 0.1) is 16.1 Å². The fourth-order valence-electron chi connectivity index (χ4n) is 2.70. The Kier molecular flexibility index (Phi) is 4.13. The van der Waals surface area contributed by atoms with Gasteiger partial charge in [0.1, 0.15) is 0 Å². The molecule has 4 heteroatoms. The molecule has 0 aliphatic rings. The van der Waals surface area contributed by atoms with E-state index < -0.39 is 0 Å². The van der Waals surface area contributed by atoms with Crippen molar-refractivity contribution in [1.82, 2.24) is 9.55 Å². The van der Waals surface area contributed by atoms with Crippen LogP contribution >= 0.6 is 23.8 Å². The van der Waals surface area contributed by atoms with E-state index in [1.165, 1.54) is 0 Å². The van der Waals surface area contributed by atoms with Crippen LogP contribution in [0, 0.1) is 10.7 Å². The normalized spacial score (nSPS) is 13.4. The van der Waals surface area contributed by atoms with Gasteiger partial charge in [-0.15, -0.1) is 0 Å². The fraction of sp³-hybridized carbons (Fsp3) is 0.500. The lowest BCUT2D eigenvalue weighted by Gasteiger charge is -2.23. The van der Waals surface area contributed by atoms with Gasteiger partial charge in [0.15, 0.2) is 4.77 Å². The molecular formula is C14H19ClN2S. The molecule has 0 amide bonds. The van der Waals surface area contributed by atoms with Gasteiger partial charge in [0.2, 0.25) is 0 Å². The summed E-state index contributed by atoms with van der Waals surface area (Å²) in [6.07, 6.45) is 2.32. The molecule has 0 fully saturated rings. The number of nitrogens with zero attached hydrogens (tertiary/aromatic N) is 1. The van der Waals surface area contributed by atoms with Gasteiger partial charge in [-0.2, -0.15) is 0 Å². The second-order valence-electron chi connectivity index (χ2n) is 4.75. The van der Waals surface area contributed by atoms with Crippen molar-refractivity contribution in [3.05, 3.63) is 28.0 Å². The van der Waals surface area contributed by atoms with Gasteiger partial charge in [0, 0.05) is 6.04 Å². The Morgan fingerprint density at radius 1 is 1.33 bits per heavy atom. The lowest BCUT2D eigenvalue weighted by molar-refractivity contribution is 0.337. The van der Waals surface area contributed by atoms with E-state index >= 15 is 0 Å². The van der Waals surface area contributed by atoms with Gasteiger partial charge in [-0.1, -0.05) is 44.4 Å². The summed E-state index contributed by atoms with van der Waals surface area (Å²) < 4.78 is 2.96. The molecule has 0 aliphatic heterocycles. The molecule has 2 nitrogen and oxygen atoms in total. The third-order valence-electron chi connectivity index (χ3n) is 3.84. The van der Waals surface area contributed by atoms with Gasteiger partial charge in [-0.3, -0.25) is 0 Å². The number of hydrogen-bond acceptors (Lipinski definition) is 1. The van der Waals surface area contributed by atoms with Crippen LogP contribution in [0.1, 0.15) is 39.7 Å². The number of imidazole rings is 1. The van der Waals surface area contributed by atoms with Crippen molar-refractivity contribution in [2.75, 3.05) is 0 Å². The van der Waals surface area contributed by atoms with E-state index in [0.29, 0.717) is 12.0 Å². The number of benzene rings is 1. The minimum absolute atomic E-state index is 0.389. The average Bonchev–Trinajstić information content (AvgIpc) is 2.68. The number of hydrogen-bond donors (Lipinski definition) is 1. The third kappa shape index (κ3) is 2.21. The van der Waals surface area contributed by atoms with Crippen molar-refractivity contribution in [3.8, 4) is 0 Å². The molecule has 1 heterocycles. The third-order valence-corrected chi connectivity index (χ3v) is 4.45. The monoisotopic (exact) mass is 282 g/mol. The highest BCUT2D eigenvalue weighted by Gasteiger charge is 2.19.